The van der Waals surface area contributed by atoms with E-state index in [1.807, 2.05) is 27.7 Å². The van der Waals surface area contributed by atoms with Crippen LogP contribution in [0.1, 0.15) is 129 Å². The van der Waals surface area contributed by atoms with E-state index in [1.54, 1.807) is 69.5 Å². The van der Waals surface area contributed by atoms with Crippen molar-refractivity contribution in [2.45, 2.75) is 162 Å². The Morgan fingerprint density at radius 2 is 1.59 bits per heavy atom. The fourth-order valence-electron chi connectivity index (χ4n) is 9.72. The first-order valence-electron chi connectivity index (χ1n) is 27.2. The van der Waals surface area contributed by atoms with Crippen LogP contribution in [0.4, 0.5) is 15.3 Å². The molecule has 2 aromatic heterocycles. The summed E-state index contributed by atoms with van der Waals surface area (Å²) in [6.45, 7) is 15.6. The standard InChI is InChI=1S/C57H76N10O15/c1-10-35-36-25-34(68)18-19-40(36)63-47-37(35)27-67-43(47)26-39-38(51(67)74)29-78-52(75)57(39,11-2)82-54(77)79-28-32-14-16-33(17-15-32)61-48(71)41(13-12-23-60-53(58)76)64-50(73)46(31(3)4)65-44(69)21-20-42(62-45(70)30-81-59)49(72)66-56(8,9)22-24-80-55(5,6)7/h14-19,25-26,31,41-42,46,68H,10-13,20-24,27-30,59H2,1-9H3,(H,61,71)(H,62,70)(H,64,73)(H,65,69)(H,66,72)(H3,58,60,76)/t41-,42-,46?,57-/m0/s1. The van der Waals surface area contributed by atoms with Gasteiger partial charge < -0.3 is 66.3 Å². The van der Waals surface area contributed by atoms with Gasteiger partial charge >= 0.3 is 18.2 Å². The Kier molecular flexibility index (Phi) is 20.8. The molecule has 25 nitrogen and oxygen atoms in total. The molecule has 0 saturated heterocycles. The summed E-state index contributed by atoms with van der Waals surface area (Å²) in [5, 5.41) is 27.0. The Balaban J connectivity index is 1.09. The molecule has 1 unspecified atom stereocenters. The molecule has 0 saturated carbocycles. The van der Waals surface area contributed by atoms with Crippen molar-refractivity contribution >= 4 is 64.3 Å². The number of amides is 7. The second-order valence-corrected chi connectivity index (χ2v) is 22.2. The van der Waals surface area contributed by atoms with Gasteiger partial charge in [0.2, 0.25) is 35.1 Å². The molecule has 0 aliphatic carbocycles. The van der Waals surface area contributed by atoms with Crippen LogP contribution in [-0.2, 0) is 84.3 Å². The van der Waals surface area contributed by atoms with Crippen LogP contribution in [0, 0.1) is 5.92 Å². The minimum atomic E-state index is -2.04. The maximum atomic E-state index is 14.2. The number of aromatic hydroxyl groups is 1. The van der Waals surface area contributed by atoms with E-state index >= 15 is 0 Å². The van der Waals surface area contributed by atoms with Crippen LogP contribution < -0.4 is 49.1 Å². The van der Waals surface area contributed by atoms with Gasteiger partial charge in [-0.25, -0.2) is 25.3 Å². The van der Waals surface area contributed by atoms with Crippen LogP contribution in [0.15, 0.2) is 53.3 Å². The first-order chi connectivity index (χ1) is 38.7. The number of cyclic esters (lactones) is 1. The summed E-state index contributed by atoms with van der Waals surface area (Å²) < 4.78 is 24.2. The predicted octanol–water partition coefficient (Wildman–Crippen LogP) is 3.98. The quantitative estimate of drug-likeness (QED) is 0.0215. The van der Waals surface area contributed by atoms with E-state index in [0.717, 1.165) is 16.5 Å². The number of phenolic OH excluding ortho intramolecular Hbond substituents is 1. The number of carbonyl (C=O) groups excluding carboxylic acids is 8. The zero-order valence-electron chi connectivity index (χ0n) is 47.8. The average molecular weight is 1140 g/mol. The normalized spacial score (nSPS) is 15.6. The van der Waals surface area contributed by atoms with Crippen LogP contribution in [0.25, 0.3) is 22.3 Å². The number of benzene rings is 2. The van der Waals surface area contributed by atoms with E-state index in [9.17, 15) is 48.3 Å². The number of hydrogen-bond acceptors (Lipinski definition) is 17. The number of nitrogens with one attached hydrogen (secondary N) is 6. The zero-order valence-corrected chi connectivity index (χ0v) is 47.8. The van der Waals surface area contributed by atoms with Gasteiger partial charge in [-0.05, 0) is 127 Å². The Morgan fingerprint density at radius 3 is 2.23 bits per heavy atom. The number of aromatic nitrogens is 2. The number of hydrogen-bond donors (Lipinski definition) is 9. The maximum Gasteiger partial charge on any atom is 0.510 e. The summed E-state index contributed by atoms with van der Waals surface area (Å²) in [4.78, 5) is 129. The number of pyridine rings is 2. The molecule has 4 atom stereocenters. The molecule has 2 aliphatic heterocycles. The minimum Gasteiger partial charge on any atom is -0.508 e. The van der Waals surface area contributed by atoms with Crippen LogP contribution in [0.2, 0.25) is 0 Å². The number of rotatable bonds is 26. The lowest BCUT2D eigenvalue weighted by Gasteiger charge is -2.35. The highest BCUT2D eigenvalue weighted by Gasteiger charge is 2.51. The fraction of sp³-hybridized carbons (Fsp3) is 0.509. The van der Waals surface area contributed by atoms with Gasteiger partial charge in [-0.3, -0.25) is 33.6 Å². The number of urea groups is 1. The van der Waals surface area contributed by atoms with Crippen molar-refractivity contribution in [3.63, 3.8) is 0 Å². The average Bonchev–Trinajstić information content (AvgIpc) is 3.65. The number of anilines is 1. The van der Waals surface area contributed by atoms with Crippen molar-refractivity contribution in [1.29, 1.82) is 0 Å². The molecule has 444 valence electrons. The third-order valence-corrected chi connectivity index (χ3v) is 14.1. The molecule has 25 heteroatoms. The molecule has 7 amide bonds. The van der Waals surface area contributed by atoms with E-state index < -0.39 is 101 Å². The molecule has 4 heterocycles. The van der Waals surface area contributed by atoms with Gasteiger partial charge in [0.05, 0.1) is 34.6 Å². The lowest BCUT2D eigenvalue weighted by Crippen LogP contribution is -2.55. The number of ether oxygens (including phenoxy) is 4. The van der Waals surface area contributed by atoms with Crippen molar-refractivity contribution in [3.8, 4) is 17.1 Å². The summed E-state index contributed by atoms with van der Waals surface area (Å²) in [5.74, 6) is 0.528. The summed E-state index contributed by atoms with van der Waals surface area (Å²) in [6, 6.07) is 8.31. The number of carbonyl (C=O) groups is 8. The van der Waals surface area contributed by atoms with Crippen LogP contribution in [0.3, 0.4) is 0 Å². The monoisotopic (exact) mass is 1140 g/mol. The largest absolute Gasteiger partial charge is 0.510 e. The van der Waals surface area contributed by atoms with E-state index in [1.165, 1.54) is 18.2 Å². The van der Waals surface area contributed by atoms with E-state index in [-0.39, 0.29) is 81.0 Å². The topological polar surface area (TPSA) is 362 Å². The maximum absolute atomic E-state index is 14.2. The molecule has 2 aliphatic rings. The van der Waals surface area contributed by atoms with E-state index in [2.05, 4.69) is 36.7 Å². The number of phenols is 1. The second-order valence-electron chi connectivity index (χ2n) is 22.2. The molecule has 82 heavy (non-hydrogen) atoms. The van der Waals surface area contributed by atoms with Crippen LogP contribution >= 0.6 is 0 Å². The molecule has 6 rings (SSSR count). The van der Waals surface area contributed by atoms with Gasteiger partial charge in [-0.1, -0.05) is 39.8 Å². The van der Waals surface area contributed by atoms with Gasteiger partial charge in [-0.2, -0.15) is 0 Å². The number of fused-ring (bicyclic) bond motifs is 5. The summed E-state index contributed by atoms with van der Waals surface area (Å²) in [7, 11) is 0. The summed E-state index contributed by atoms with van der Waals surface area (Å²) in [5.41, 5.74) is 5.91. The third-order valence-electron chi connectivity index (χ3n) is 14.1. The third kappa shape index (κ3) is 15.8. The molecule has 0 radical (unpaired) electrons. The van der Waals surface area contributed by atoms with Crippen molar-refractivity contribution in [1.82, 2.24) is 36.1 Å². The highest BCUT2D eigenvalue weighted by Crippen LogP contribution is 2.42. The van der Waals surface area contributed by atoms with Gasteiger partial charge in [-0.15, -0.1) is 0 Å². The lowest BCUT2D eigenvalue weighted by molar-refractivity contribution is -0.175. The summed E-state index contributed by atoms with van der Waals surface area (Å²) in [6.07, 6.45) is -0.551. The lowest BCUT2D eigenvalue weighted by atomic mass is 9.85. The van der Waals surface area contributed by atoms with Crippen LogP contribution in [0.5, 0.6) is 5.75 Å². The Bertz CT molecular complexity index is 3120. The van der Waals surface area contributed by atoms with Gasteiger partial charge in [0.1, 0.15) is 43.7 Å². The fourth-order valence-corrected chi connectivity index (χ4v) is 9.72. The van der Waals surface area contributed by atoms with Crippen molar-refractivity contribution < 1.29 is 67.2 Å². The highest BCUT2D eigenvalue weighted by atomic mass is 16.7. The molecular weight excluding hydrogens is 1060 g/mol. The second kappa shape index (κ2) is 27.1. The Hall–Kier alpha value is -8.16. The number of primary amides is 1. The number of nitrogens with zero attached hydrogens (tertiary/aromatic N) is 2. The Labute approximate surface area is 474 Å². The van der Waals surface area contributed by atoms with E-state index in [0.29, 0.717) is 41.9 Å². The Morgan fingerprint density at radius 1 is 0.878 bits per heavy atom. The predicted molar refractivity (Wildman–Crippen MR) is 299 cm³/mol. The molecular formula is C57H76N10O15. The van der Waals surface area contributed by atoms with Crippen molar-refractivity contribution in [2.24, 2.45) is 17.5 Å². The molecule has 2 aromatic carbocycles. The van der Waals surface area contributed by atoms with Gasteiger partial charge in [0.25, 0.3) is 5.56 Å². The SMILES string of the molecule is CCc1c2c(nc3ccc(O)cc13)-c1cc3c(c(=O)n1C2)COC(=O)[C@@]3(CC)OC(=O)OCc1ccc(NC(=O)[C@H](CCCNC(N)=O)NC(=O)C(NC(=O)CC[C@H](NC(=O)CON)C(=O)NC(C)(C)CCOC(C)(C)C)C(C)C)cc1. The highest BCUT2D eigenvalue weighted by molar-refractivity contribution is 5.99. The zero-order chi connectivity index (χ0) is 60.3. The number of nitrogens with two attached hydrogens (primary N) is 2. The number of esters is 1. The first-order valence-corrected chi connectivity index (χ1v) is 27.2. The molecule has 0 bridgehead atoms. The van der Waals surface area contributed by atoms with Gasteiger partial charge in [0, 0.05) is 47.3 Å². The molecule has 11 N–H and O–H groups in total. The van der Waals surface area contributed by atoms with Crippen molar-refractivity contribution in [3.05, 3.63) is 86.7 Å². The number of aryl methyl sites for hydroxylation is 1. The van der Waals surface area contributed by atoms with Crippen LogP contribution in [-0.4, -0.2) is 111 Å². The minimum absolute atomic E-state index is 0.0221. The molecule has 4 aromatic rings. The summed E-state index contributed by atoms with van der Waals surface area (Å²) >= 11 is 0. The first kappa shape index (κ1) is 63.0. The molecule has 0 fully saturated rings. The molecule has 0 spiro atoms. The van der Waals surface area contributed by atoms with Gasteiger partial charge in [0.15, 0.2) is 0 Å². The van der Waals surface area contributed by atoms with Crippen molar-refractivity contribution in [2.75, 3.05) is 25.1 Å². The van der Waals surface area contributed by atoms with E-state index in [4.69, 9.17) is 35.6 Å². The smallest absolute Gasteiger partial charge is 0.508 e.